The van der Waals surface area contributed by atoms with E-state index in [1.54, 1.807) is 0 Å². The molecule has 1 fully saturated rings. The average Bonchev–Trinajstić information content (AvgIpc) is 2.38. The maximum atomic E-state index is 10.3. The Balaban J connectivity index is 2.48. The quantitative estimate of drug-likeness (QED) is 0.355. The maximum Gasteiger partial charge on any atom is 0.469 e. The molecule has 9 heteroatoms. The van der Waals surface area contributed by atoms with Gasteiger partial charge in [0.15, 0.2) is 5.79 Å². The molecule has 90 valence electrons. The fraction of sp³-hybridized carbons (Fsp3) is 1.00. The molecule has 15 heavy (non-hydrogen) atoms. The number of rotatable bonds is 4. The number of phosphoric acid groups is 1. The molecule has 5 N–H and O–H groups in total. The number of aliphatic hydroxyl groups is 3. The third kappa shape index (κ3) is 3.78. The van der Waals surface area contributed by atoms with Crippen molar-refractivity contribution >= 4 is 7.82 Å². The Morgan fingerprint density at radius 2 is 2.13 bits per heavy atom. The van der Waals surface area contributed by atoms with Crippen LogP contribution in [0.1, 0.15) is 6.42 Å². The van der Waals surface area contributed by atoms with Crippen LogP contribution in [0.3, 0.4) is 0 Å². The number of phosphoric ester groups is 1. The van der Waals surface area contributed by atoms with Crippen molar-refractivity contribution in [3.05, 3.63) is 0 Å². The van der Waals surface area contributed by atoms with Gasteiger partial charge in [-0.3, -0.25) is 4.52 Å². The molecular weight excluding hydrogens is 231 g/mol. The lowest BCUT2D eigenvalue weighted by atomic mass is 10.1. The summed E-state index contributed by atoms with van der Waals surface area (Å²) in [4.78, 5) is 16.8. The van der Waals surface area contributed by atoms with Crippen LogP contribution in [0.5, 0.6) is 0 Å². The van der Waals surface area contributed by atoms with Crippen LogP contribution in [0.4, 0.5) is 0 Å². The first-order chi connectivity index (χ1) is 6.76. The van der Waals surface area contributed by atoms with Crippen molar-refractivity contribution in [3.63, 3.8) is 0 Å². The molecule has 3 atom stereocenters. The molecular formula is C6H13O8P. The third-order valence-electron chi connectivity index (χ3n) is 1.98. The summed E-state index contributed by atoms with van der Waals surface area (Å²) in [7, 11) is -4.63. The Hall–Kier alpha value is -0.0500. The summed E-state index contributed by atoms with van der Waals surface area (Å²) in [6.45, 7) is -1.27. The van der Waals surface area contributed by atoms with E-state index in [0.29, 0.717) is 0 Å². The van der Waals surface area contributed by atoms with Crippen LogP contribution < -0.4 is 0 Å². The minimum absolute atomic E-state index is 0.237. The minimum atomic E-state index is -4.63. The highest BCUT2D eigenvalue weighted by Gasteiger charge is 2.44. The predicted octanol–water partition coefficient (Wildman–Crippen LogP) is -2.07. The van der Waals surface area contributed by atoms with E-state index >= 15 is 0 Å². The number of aliphatic hydroxyl groups excluding tert-OH is 2. The highest BCUT2D eigenvalue weighted by Crippen LogP contribution is 2.38. The number of hydrogen-bond acceptors (Lipinski definition) is 6. The van der Waals surface area contributed by atoms with Crippen LogP contribution in [0.2, 0.25) is 0 Å². The SMILES string of the molecule is O=P(O)(O)OC[C@H]1OC(O)(CO)C[C@H]1O. The Bertz CT molecular complexity index is 264. The van der Waals surface area contributed by atoms with E-state index in [1.165, 1.54) is 0 Å². The number of hydrogen-bond donors (Lipinski definition) is 5. The standard InChI is InChI=1S/C6H13O8P/c7-3-6(9)1-4(8)5(14-6)2-13-15(10,11)12/h4-5,7-9H,1-3H2,(H2,10,11,12)/t4-,5-,6?/m1/s1. The van der Waals surface area contributed by atoms with Crippen LogP contribution in [0.15, 0.2) is 0 Å². The van der Waals surface area contributed by atoms with E-state index in [0.717, 1.165) is 0 Å². The topological polar surface area (TPSA) is 137 Å². The molecule has 0 aromatic carbocycles. The van der Waals surface area contributed by atoms with Crippen molar-refractivity contribution in [2.75, 3.05) is 13.2 Å². The van der Waals surface area contributed by atoms with Crippen LogP contribution >= 0.6 is 7.82 Å². The lowest BCUT2D eigenvalue weighted by molar-refractivity contribution is -0.216. The van der Waals surface area contributed by atoms with Crippen molar-refractivity contribution in [1.29, 1.82) is 0 Å². The molecule has 1 rings (SSSR count). The van der Waals surface area contributed by atoms with E-state index in [4.69, 9.17) is 19.6 Å². The van der Waals surface area contributed by atoms with Gasteiger partial charge < -0.3 is 29.8 Å². The summed E-state index contributed by atoms with van der Waals surface area (Å²) in [5, 5.41) is 27.4. The maximum absolute atomic E-state index is 10.3. The van der Waals surface area contributed by atoms with Crippen LogP contribution in [0, 0.1) is 0 Å². The molecule has 0 aromatic heterocycles. The van der Waals surface area contributed by atoms with Crippen molar-refractivity contribution in [3.8, 4) is 0 Å². The first-order valence-corrected chi connectivity index (χ1v) is 5.68. The minimum Gasteiger partial charge on any atom is -0.391 e. The Morgan fingerprint density at radius 3 is 2.53 bits per heavy atom. The van der Waals surface area contributed by atoms with Crippen molar-refractivity contribution in [2.24, 2.45) is 0 Å². The summed E-state index contributed by atoms with van der Waals surface area (Å²) in [5.74, 6) is -1.87. The summed E-state index contributed by atoms with van der Waals surface area (Å²) >= 11 is 0. The molecule has 0 saturated carbocycles. The van der Waals surface area contributed by atoms with Crippen molar-refractivity contribution < 1.29 is 38.9 Å². The van der Waals surface area contributed by atoms with Gasteiger partial charge in [0.1, 0.15) is 6.10 Å². The molecule has 8 nitrogen and oxygen atoms in total. The van der Waals surface area contributed by atoms with Crippen molar-refractivity contribution in [2.45, 2.75) is 24.4 Å². The third-order valence-corrected chi connectivity index (χ3v) is 2.47. The molecule has 1 unspecified atom stereocenters. The lowest BCUT2D eigenvalue weighted by Crippen LogP contribution is -2.33. The molecule has 0 spiro atoms. The summed E-state index contributed by atoms with van der Waals surface area (Å²) in [5.41, 5.74) is 0. The Morgan fingerprint density at radius 1 is 1.53 bits per heavy atom. The second kappa shape index (κ2) is 4.44. The van der Waals surface area contributed by atoms with E-state index in [-0.39, 0.29) is 6.42 Å². The van der Waals surface area contributed by atoms with Crippen LogP contribution in [0.25, 0.3) is 0 Å². The molecule has 0 bridgehead atoms. The number of ether oxygens (including phenoxy) is 1. The van der Waals surface area contributed by atoms with E-state index in [2.05, 4.69) is 4.52 Å². The molecule has 1 aliphatic rings. The fourth-order valence-electron chi connectivity index (χ4n) is 1.28. The largest absolute Gasteiger partial charge is 0.469 e. The first-order valence-electron chi connectivity index (χ1n) is 4.15. The Kier molecular flexibility index (Phi) is 3.85. The van der Waals surface area contributed by atoms with Gasteiger partial charge in [-0.05, 0) is 0 Å². The van der Waals surface area contributed by atoms with Gasteiger partial charge in [-0.15, -0.1) is 0 Å². The van der Waals surface area contributed by atoms with Gasteiger partial charge in [0.25, 0.3) is 0 Å². The molecule has 0 aliphatic carbocycles. The highest BCUT2D eigenvalue weighted by molar-refractivity contribution is 7.46. The second-order valence-corrected chi connectivity index (χ2v) is 4.56. The van der Waals surface area contributed by atoms with Crippen LogP contribution in [-0.4, -0.2) is 56.3 Å². The van der Waals surface area contributed by atoms with E-state index < -0.39 is 39.0 Å². The zero-order chi connectivity index (χ0) is 11.7. The van der Waals surface area contributed by atoms with Gasteiger partial charge in [-0.1, -0.05) is 0 Å². The summed E-state index contributed by atoms with van der Waals surface area (Å²) < 4.78 is 19.3. The zero-order valence-electron chi connectivity index (χ0n) is 7.68. The van der Waals surface area contributed by atoms with Gasteiger partial charge in [0, 0.05) is 6.42 Å². The van der Waals surface area contributed by atoms with Gasteiger partial charge >= 0.3 is 7.82 Å². The highest BCUT2D eigenvalue weighted by atomic mass is 31.2. The average molecular weight is 244 g/mol. The second-order valence-electron chi connectivity index (χ2n) is 3.32. The fourth-order valence-corrected chi connectivity index (χ4v) is 1.63. The molecule has 0 amide bonds. The molecule has 1 aliphatic heterocycles. The zero-order valence-corrected chi connectivity index (χ0v) is 8.58. The molecule has 1 saturated heterocycles. The van der Waals surface area contributed by atoms with Gasteiger partial charge in [0.2, 0.25) is 0 Å². The summed E-state index contributed by atoms with van der Waals surface area (Å²) in [6, 6.07) is 0. The Labute approximate surface area is 85.3 Å². The predicted molar refractivity (Wildman–Crippen MR) is 45.5 cm³/mol. The molecule has 0 aromatic rings. The monoisotopic (exact) mass is 244 g/mol. The molecule has 0 radical (unpaired) electrons. The summed E-state index contributed by atoms with van der Waals surface area (Å²) in [6.07, 6.45) is -2.46. The van der Waals surface area contributed by atoms with E-state index in [1.807, 2.05) is 0 Å². The normalized spacial score (nSPS) is 37.1. The molecule has 1 heterocycles. The first kappa shape index (κ1) is 13.0. The van der Waals surface area contributed by atoms with Gasteiger partial charge in [-0.25, -0.2) is 4.57 Å². The van der Waals surface area contributed by atoms with Gasteiger partial charge in [-0.2, -0.15) is 0 Å². The smallest absolute Gasteiger partial charge is 0.391 e. The van der Waals surface area contributed by atoms with Crippen molar-refractivity contribution in [1.82, 2.24) is 0 Å². The lowest BCUT2D eigenvalue weighted by Gasteiger charge is -2.19. The van der Waals surface area contributed by atoms with E-state index in [9.17, 15) is 14.8 Å². The van der Waals surface area contributed by atoms with Crippen LogP contribution in [-0.2, 0) is 13.8 Å². The van der Waals surface area contributed by atoms with Gasteiger partial charge in [0.05, 0.1) is 19.3 Å².